The topological polar surface area (TPSA) is 61.4 Å². The van der Waals surface area contributed by atoms with Gasteiger partial charge in [0.1, 0.15) is 5.82 Å². The summed E-state index contributed by atoms with van der Waals surface area (Å²) < 4.78 is 12.7. The Balaban J connectivity index is 2.31. The lowest BCUT2D eigenvalue weighted by atomic mass is 10.2. The van der Waals surface area contributed by atoms with Crippen LogP contribution in [0.1, 0.15) is 16.8 Å². The molecule has 1 rings (SSSR count). The number of rotatable bonds is 7. The van der Waals surface area contributed by atoms with Gasteiger partial charge in [0.25, 0.3) is 5.91 Å². The first-order chi connectivity index (χ1) is 9.54. The van der Waals surface area contributed by atoms with Crippen LogP contribution in [0.15, 0.2) is 24.3 Å². The molecule has 0 heterocycles. The van der Waals surface area contributed by atoms with Crippen molar-refractivity contribution in [1.82, 2.24) is 15.5 Å². The first kappa shape index (κ1) is 16.1. The van der Waals surface area contributed by atoms with E-state index in [-0.39, 0.29) is 30.6 Å². The molecule has 5 nitrogen and oxygen atoms in total. The molecule has 0 spiro atoms. The van der Waals surface area contributed by atoms with Crippen LogP contribution >= 0.6 is 0 Å². The second kappa shape index (κ2) is 8.27. The summed E-state index contributed by atoms with van der Waals surface area (Å²) in [5, 5.41) is 5.60. The smallest absolute Gasteiger partial charge is 0.251 e. The number of likely N-dealkylation sites (N-methyl/N-ethyl adjacent to an activating group) is 2. The molecule has 0 aromatic heterocycles. The van der Waals surface area contributed by atoms with Crippen LogP contribution in [0.5, 0.6) is 0 Å². The van der Waals surface area contributed by atoms with Crippen molar-refractivity contribution >= 4 is 11.8 Å². The van der Waals surface area contributed by atoms with Crippen LogP contribution in [0.4, 0.5) is 4.39 Å². The molecule has 6 heteroatoms. The quantitative estimate of drug-likeness (QED) is 0.770. The van der Waals surface area contributed by atoms with Gasteiger partial charge in [0.05, 0.1) is 0 Å². The van der Waals surface area contributed by atoms with Crippen molar-refractivity contribution < 1.29 is 14.0 Å². The van der Waals surface area contributed by atoms with Crippen LogP contribution in [0, 0.1) is 5.82 Å². The average molecular weight is 281 g/mol. The molecule has 1 aromatic rings. The second-order valence-corrected chi connectivity index (χ2v) is 4.43. The Morgan fingerprint density at radius 2 is 1.85 bits per heavy atom. The molecule has 110 valence electrons. The second-order valence-electron chi connectivity index (χ2n) is 4.43. The Bertz CT molecular complexity index is 448. The number of benzene rings is 1. The van der Waals surface area contributed by atoms with Gasteiger partial charge in [-0.1, -0.05) is 0 Å². The van der Waals surface area contributed by atoms with Gasteiger partial charge in [0.2, 0.25) is 5.91 Å². The van der Waals surface area contributed by atoms with Crippen molar-refractivity contribution in [2.75, 3.05) is 33.7 Å². The maximum atomic E-state index is 12.7. The van der Waals surface area contributed by atoms with E-state index < -0.39 is 0 Å². The number of hydrogen-bond donors (Lipinski definition) is 2. The lowest BCUT2D eigenvalue weighted by Crippen LogP contribution is -2.35. The summed E-state index contributed by atoms with van der Waals surface area (Å²) in [5.74, 6) is -0.724. The molecule has 0 bridgehead atoms. The van der Waals surface area contributed by atoms with Crippen LogP contribution in [0.3, 0.4) is 0 Å². The third kappa shape index (κ3) is 5.36. The normalized spacial score (nSPS) is 10.2. The van der Waals surface area contributed by atoms with E-state index in [4.69, 9.17) is 0 Å². The molecule has 0 unspecified atom stereocenters. The first-order valence-corrected chi connectivity index (χ1v) is 6.47. The van der Waals surface area contributed by atoms with Gasteiger partial charge in [0.15, 0.2) is 0 Å². The number of carbonyl (C=O) groups excluding carboxylic acids is 2. The Kier molecular flexibility index (Phi) is 6.66. The third-order valence-corrected chi connectivity index (χ3v) is 2.85. The minimum atomic E-state index is -0.386. The molecule has 0 saturated heterocycles. The van der Waals surface area contributed by atoms with Crippen LogP contribution in [0.2, 0.25) is 0 Å². The van der Waals surface area contributed by atoms with Crippen molar-refractivity contribution in [3.8, 4) is 0 Å². The standard InChI is InChI=1S/C14H20FN3O2/c1-16-9-10-18(2)13(19)7-8-17-14(20)11-3-5-12(15)6-4-11/h3-6,16H,7-10H2,1-2H3,(H,17,20). The van der Waals surface area contributed by atoms with E-state index in [1.165, 1.54) is 24.3 Å². The number of nitrogens with one attached hydrogen (secondary N) is 2. The molecule has 0 aliphatic rings. The Labute approximate surface area is 118 Å². The van der Waals surface area contributed by atoms with Gasteiger partial charge >= 0.3 is 0 Å². The van der Waals surface area contributed by atoms with Crippen molar-refractivity contribution in [3.05, 3.63) is 35.6 Å². The van der Waals surface area contributed by atoms with Crippen LogP contribution in [0.25, 0.3) is 0 Å². The summed E-state index contributed by atoms with van der Waals surface area (Å²) in [6.07, 6.45) is 0.243. The van der Waals surface area contributed by atoms with Crippen molar-refractivity contribution in [2.24, 2.45) is 0 Å². The number of hydrogen-bond acceptors (Lipinski definition) is 3. The third-order valence-electron chi connectivity index (χ3n) is 2.85. The summed E-state index contributed by atoms with van der Waals surface area (Å²) in [7, 11) is 3.54. The van der Waals surface area contributed by atoms with Crippen LogP contribution in [-0.4, -0.2) is 50.4 Å². The minimum Gasteiger partial charge on any atom is -0.352 e. The predicted molar refractivity (Wildman–Crippen MR) is 74.9 cm³/mol. The van der Waals surface area contributed by atoms with Gasteiger partial charge < -0.3 is 15.5 Å². The Morgan fingerprint density at radius 1 is 1.20 bits per heavy atom. The predicted octanol–water partition coefficient (Wildman–Crippen LogP) is 0.623. The van der Waals surface area contributed by atoms with E-state index in [1.54, 1.807) is 11.9 Å². The van der Waals surface area contributed by atoms with E-state index in [1.807, 2.05) is 7.05 Å². The molecule has 0 aliphatic carbocycles. The molecule has 0 atom stereocenters. The summed E-state index contributed by atoms with van der Waals surface area (Å²) >= 11 is 0. The first-order valence-electron chi connectivity index (χ1n) is 6.47. The number of halogens is 1. The molecular formula is C14H20FN3O2. The van der Waals surface area contributed by atoms with Gasteiger partial charge in [-0.15, -0.1) is 0 Å². The van der Waals surface area contributed by atoms with E-state index in [0.29, 0.717) is 12.1 Å². The zero-order valence-corrected chi connectivity index (χ0v) is 11.8. The molecule has 2 amide bonds. The van der Waals surface area contributed by atoms with Crippen molar-refractivity contribution in [1.29, 1.82) is 0 Å². The Morgan fingerprint density at radius 3 is 2.45 bits per heavy atom. The van der Waals surface area contributed by atoms with E-state index in [0.717, 1.165) is 6.54 Å². The number of carbonyl (C=O) groups is 2. The molecule has 1 aromatic carbocycles. The monoisotopic (exact) mass is 281 g/mol. The molecule has 0 aliphatic heterocycles. The zero-order chi connectivity index (χ0) is 15.0. The summed E-state index contributed by atoms with van der Waals surface area (Å²) in [5.41, 5.74) is 0.377. The Hall–Kier alpha value is -1.95. The van der Waals surface area contributed by atoms with Gasteiger partial charge in [-0.05, 0) is 31.3 Å². The van der Waals surface area contributed by atoms with Crippen LogP contribution in [-0.2, 0) is 4.79 Å². The average Bonchev–Trinajstić information content (AvgIpc) is 2.45. The summed E-state index contributed by atoms with van der Waals surface area (Å²) in [6.45, 7) is 1.62. The van der Waals surface area contributed by atoms with E-state index in [9.17, 15) is 14.0 Å². The van der Waals surface area contributed by atoms with Gasteiger partial charge in [-0.2, -0.15) is 0 Å². The highest BCUT2D eigenvalue weighted by molar-refractivity contribution is 5.94. The van der Waals surface area contributed by atoms with Crippen molar-refractivity contribution in [3.63, 3.8) is 0 Å². The summed E-state index contributed by atoms with van der Waals surface area (Å²) in [6, 6.07) is 5.27. The molecule has 0 fully saturated rings. The highest BCUT2D eigenvalue weighted by atomic mass is 19.1. The molecule has 20 heavy (non-hydrogen) atoms. The minimum absolute atomic E-state index is 0.0281. The SMILES string of the molecule is CNCCN(C)C(=O)CCNC(=O)c1ccc(F)cc1. The highest BCUT2D eigenvalue weighted by Gasteiger charge is 2.09. The van der Waals surface area contributed by atoms with E-state index in [2.05, 4.69) is 10.6 Å². The number of nitrogens with zero attached hydrogens (tertiary/aromatic N) is 1. The molecule has 2 N–H and O–H groups in total. The largest absolute Gasteiger partial charge is 0.352 e. The van der Waals surface area contributed by atoms with Crippen LogP contribution < -0.4 is 10.6 Å². The molecule has 0 radical (unpaired) electrons. The lowest BCUT2D eigenvalue weighted by molar-refractivity contribution is -0.129. The van der Waals surface area contributed by atoms with Crippen molar-refractivity contribution in [2.45, 2.75) is 6.42 Å². The fraction of sp³-hybridized carbons (Fsp3) is 0.429. The lowest BCUT2D eigenvalue weighted by Gasteiger charge is -2.16. The fourth-order valence-corrected chi connectivity index (χ4v) is 1.58. The maximum absolute atomic E-state index is 12.7. The number of amides is 2. The van der Waals surface area contributed by atoms with Gasteiger partial charge in [-0.3, -0.25) is 9.59 Å². The summed E-state index contributed by atoms with van der Waals surface area (Å²) in [4.78, 5) is 25.0. The highest BCUT2D eigenvalue weighted by Crippen LogP contribution is 2.02. The van der Waals surface area contributed by atoms with E-state index >= 15 is 0 Å². The molecular weight excluding hydrogens is 261 g/mol. The fourth-order valence-electron chi connectivity index (χ4n) is 1.58. The molecule has 0 saturated carbocycles. The maximum Gasteiger partial charge on any atom is 0.251 e. The zero-order valence-electron chi connectivity index (χ0n) is 11.8. The van der Waals surface area contributed by atoms with Gasteiger partial charge in [0, 0.05) is 38.7 Å². The van der Waals surface area contributed by atoms with Gasteiger partial charge in [-0.25, -0.2) is 4.39 Å².